The molecule has 0 N–H and O–H groups in total. The summed E-state index contributed by atoms with van der Waals surface area (Å²) in [4.78, 5) is 26.0. The van der Waals surface area contributed by atoms with Crippen molar-refractivity contribution in [1.29, 1.82) is 0 Å². The van der Waals surface area contributed by atoms with Crippen molar-refractivity contribution in [2.45, 2.75) is 13.0 Å². The van der Waals surface area contributed by atoms with Crippen molar-refractivity contribution in [3.05, 3.63) is 65.7 Å². The molecule has 0 bridgehead atoms. The zero-order chi connectivity index (χ0) is 16.9. The molecule has 0 saturated heterocycles. The Morgan fingerprint density at radius 1 is 1.08 bits per heavy atom. The van der Waals surface area contributed by atoms with Gasteiger partial charge in [0.1, 0.15) is 6.61 Å². The molecule has 0 aromatic heterocycles. The Labute approximate surface area is 140 Å². The highest BCUT2D eigenvalue weighted by molar-refractivity contribution is 5.91. The van der Waals surface area contributed by atoms with Gasteiger partial charge in [0.25, 0.3) is 0 Å². The first-order chi connectivity index (χ1) is 11.7. The van der Waals surface area contributed by atoms with Crippen LogP contribution in [0.25, 0.3) is 0 Å². The highest BCUT2D eigenvalue weighted by Gasteiger charge is 2.33. The van der Waals surface area contributed by atoms with Crippen molar-refractivity contribution in [2.24, 2.45) is 5.92 Å². The smallest absolute Gasteiger partial charge is 0.414 e. The van der Waals surface area contributed by atoms with Gasteiger partial charge in [0.15, 0.2) is 0 Å². The van der Waals surface area contributed by atoms with E-state index in [-0.39, 0.29) is 25.0 Å². The maximum absolute atomic E-state index is 12.5. The molecule has 1 amide bonds. The van der Waals surface area contributed by atoms with Crippen LogP contribution in [0.1, 0.15) is 11.1 Å². The van der Waals surface area contributed by atoms with Crippen LogP contribution in [0, 0.1) is 5.92 Å². The SMILES string of the molecule is COC(=O)[C@@H]1Cc2ccccc2N(C(=O)OCc2ccccc2)C1. The minimum Gasteiger partial charge on any atom is -0.469 e. The van der Waals surface area contributed by atoms with Crippen LogP contribution in [0.4, 0.5) is 10.5 Å². The van der Waals surface area contributed by atoms with Crippen LogP contribution in [-0.4, -0.2) is 25.7 Å². The van der Waals surface area contributed by atoms with Crippen LogP contribution >= 0.6 is 0 Å². The number of hydrogen-bond acceptors (Lipinski definition) is 4. The fraction of sp³-hybridized carbons (Fsp3) is 0.263. The van der Waals surface area contributed by atoms with Crippen LogP contribution in [0.2, 0.25) is 0 Å². The number of nitrogens with zero attached hydrogens (tertiary/aromatic N) is 1. The van der Waals surface area contributed by atoms with Gasteiger partial charge >= 0.3 is 12.1 Å². The Morgan fingerprint density at radius 3 is 2.54 bits per heavy atom. The summed E-state index contributed by atoms with van der Waals surface area (Å²) in [7, 11) is 1.36. The molecule has 5 nitrogen and oxygen atoms in total. The summed E-state index contributed by atoms with van der Waals surface area (Å²) >= 11 is 0. The Kier molecular flexibility index (Phi) is 4.79. The van der Waals surface area contributed by atoms with E-state index in [2.05, 4.69) is 0 Å². The Hall–Kier alpha value is -2.82. The number of methoxy groups -OCH3 is 1. The van der Waals surface area contributed by atoms with Gasteiger partial charge in [-0.1, -0.05) is 48.5 Å². The van der Waals surface area contributed by atoms with Gasteiger partial charge < -0.3 is 9.47 Å². The number of para-hydroxylation sites is 1. The van der Waals surface area contributed by atoms with Gasteiger partial charge in [-0.3, -0.25) is 9.69 Å². The molecule has 2 aromatic rings. The molecule has 0 unspecified atom stereocenters. The van der Waals surface area contributed by atoms with Gasteiger partial charge in [-0.15, -0.1) is 0 Å². The first-order valence-corrected chi connectivity index (χ1v) is 7.83. The molecule has 0 saturated carbocycles. The van der Waals surface area contributed by atoms with E-state index in [4.69, 9.17) is 9.47 Å². The molecular formula is C19H19NO4. The monoisotopic (exact) mass is 325 g/mol. The minimum atomic E-state index is -0.458. The highest BCUT2D eigenvalue weighted by atomic mass is 16.6. The van der Waals surface area contributed by atoms with Crippen molar-refractivity contribution >= 4 is 17.7 Å². The summed E-state index contributed by atoms with van der Waals surface area (Å²) in [6.07, 6.45) is 0.102. The molecule has 1 aliphatic rings. The van der Waals surface area contributed by atoms with E-state index in [1.165, 1.54) is 12.0 Å². The minimum absolute atomic E-state index is 0.196. The van der Waals surface area contributed by atoms with Crippen LogP contribution < -0.4 is 4.90 Å². The van der Waals surface area contributed by atoms with Crippen LogP contribution in [0.5, 0.6) is 0 Å². The summed E-state index contributed by atoms with van der Waals surface area (Å²) in [5.41, 5.74) is 2.65. The fourth-order valence-electron chi connectivity index (χ4n) is 2.89. The molecule has 1 aliphatic heterocycles. The van der Waals surface area contributed by atoms with Gasteiger partial charge in [0.05, 0.1) is 18.7 Å². The number of amides is 1. The molecular weight excluding hydrogens is 306 g/mol. The lowest BCUT2D eigenvalue weighted by atomic mass is 9.93. The number of fused-ring (bicyclic) bond motifs is 1. The van der Waals surface area contributed by atoms with E-state index in [0.29, 0.717) is 6.42 Å². The third-order valence-electron chi connectivity index (χ3n) is 4.11. The zero-order valence-corrected chi connectivity index (χ0v) is 13.5. The maximum Gasteiger partial charge on any atom is 0.414 e. The molecule has 0 radical (unpaired) electrons. The number of esters is 1. The third kappa shape index (κ3) is 3.40. The fourth-order valence-corrected chi connectivity index (χ4v) is 2.89. The Morgan fingerprint density at radius 2 is 1.79 bits per heavy atom. The molecule has 124 valence electrons. The molecule has 1 atom stereocenters. The average molecular weight is 325 g/mol. The van der Waals surface area contributed by atoms with Crippen molar-refractivity contribution in [1.82, 2.24) is 0 Å². The quantitative estimate of drug-likeness (QED) is 0.813. The van der Waals surface area contributed by atoms with Crippen molar-refractivity contribution in [2.75, 3.05) is 18.6 Å². The second-order valence-electron chi connectivity index (χ2n) is 5.70. The van der Waals surface area contributed by atoms with Crippen molar-refractivity contribution < 1.29 is 19.1 Å². The molecule has 3 rings (SSSR count). The van der Waals surface area contributed by atoms with Gasteiger partial charge in [0, 0.05) is 6.54 Å². The van der Waals surface area contributed by atoms with E-state index in [9.17, 15) is 9.59 Å². The maximum atomic E-state index is 12.5. The topological polar surface area (TPSA) is 55.8 Å². The Balaban J connectivity index is 1.77. The standard InChI is InChI=1S/C19H19NO4/c1-23-18(21)16-11-15-9-5-6-10-17(15)20(12-16)19(22)24-13-14-7-3-2-4-8-14/h2-10,16H,11-13H2,1H3/t16-/m1/s1. The number of carbonyl (C=O) groups is 2. The van der Waals surface area contributed by atoms with Gasteiger partial charge in [0.2, 0.25) is 0 Å². The normalized spacial score (nSPS) is 16.2. The number of anilines is 1. The van der Waals surface area contributed by atoms with Crippen LogP contribution in [0.15, 0.2) is 54.6 Å². The first-order valence-electron chi connectivity index (χ1n) is 7.83. The molecule has 0 aliphatic carbocycles. The number of ether oxygens (including phenoxy) is 2. The Bertz CT molecular complexity index is 729. The summed E-state index contributed by atoms with van der Waals surface area (Å²) in [6, 6.07) is 17.0. The first kappa shape index (κ1) is 16.1. The number of carbonyl (C=O) groups excluding carboxylic acids is 2. The number of rotatable bonds is 3. The molecule has 24 heavy (non-hydrogen) atoms. The van der Waals surface area contributed by atoms with E-state index >= 15 is 0 Å². The van der Waals surface area contributed by atoms with Gasteiger partial charge in [-0.05, 0) is 23.6 Å². The zero-order valence-electron chi connectivity index (χ0n) is 13.5. The van der Waals surface area contributed by atoms with Gasteiger partial charge in [-0.2, -0.15) is 0 Å². The lowest BCUT2D eigenvalue weighted by Crippen LogP contribution is -2.43. The van der Waals surface area contributed by atoms with E-state index in [0.717, 1.165) is 16.8 Å². The summed E-state index contributed by atoms with van der Waals surface area (Å²) in [6.45, 7) is 0.457. The summed E-state index contributed by atoms with van der Waals surface area (Å²) in [5, 5.41) is 0. The number of benzene rings is 2. The third-order valence-corrected chi connectivity index (χ3v) is 4.11. The molecule has 0 spiro atoms. The highest BCUT2D eigenvalue weighted by Crippen LogP contribution is 2.30. The summed E-state index contributed by atoms with van der Waals surface area (Å²) in [5.74, 6) is -0.695. The van der Waals surface area contributed by atoms with Gasteiger partial charge in [-0.25, -0.2) is 4.79 Å². The molecule has 0 fully saturated rings. The largest absolute Gasteiger partial charge is 0.469 e. The molecule has 1 heterocycles. The molecule has 5 heteroatoms. The second-order valence-corrected chi connectivity index (χ2v) is 5.70. The lowest BCUT2D eigenvalue weighted by Gasteiger charge is -2.32. The summed E-state index contributed by atoms with van der Waals surface area (Å²) < 4.78 is 10.3. The average Bonchev–Trinajstić information content (AvgIpc) is 2.65. The van der Waals surface area contributed by atoms with Crippen LogP contribution in [-0.2, 0) is 27.3 Å². The van der Waals surface area contributed by atoms with E-state index < -0.39 is 6.09 Å². The van der Waals surface area contributed by atoms with Crippen LogP contribution in [0.3, 0.4) is 0 Å². The van der Waals surface area contributed by atoms with E-state index in [1.807, 2.05) is 54.6 Å². The lowest BCUT2D eigenvalue weighted by molar-refractivity contribution is -0.145. The number of hydrogen-bond donors (Lipinski definition) is 0. The van der Waals surface area contributed by atoms with E-state index in [1.54, 1.807) is 0 Å². The second kappa shape index (κ2) is 7.17. The van der Waals surface area contributed by atoms with Crippen molar-refractivity contribution in [3.63, 3.8) is 0 Å². The predicted molar refractivity (Wildman–Crippen MR) is 89.6 cm³/mol. The molecule has 2 aromatic carbocycles. The predicted octanol–water partition coefficient (Wildman–Crippen LogP) is 3.18. The van der Waals surface area contributed by atoms with Crippen molar-refractivity contribution in [3.8, 4) is 0 Å².